The van der Waals surface area contributed by atoms with E-state index < -0.39 is 0 Å². The van der Waals surface area contributed by atoms with E-state index in [0.717, 1.165) is 5.92 Å². The summed E-state index contributed by atoms with van der Waals surface area (Å²) in [6.45, 7) is 8.76. The summed E-state index contributed by atoms with van der Waals surface area (Å²) >= 11 is 0. The number of hydrogen-bond donors (Lipinski definition) is 0. The van der Waals surface area contributed by atoms with Gasteiger partial charge in [0.25, 0.3) is 0 Å². The molecule has 2 fully saturated rings. The van der Waals surface area contributed by atoms with Gasteiger partial charge in [0.15, 0.2) is 0 Å². The number of benzene rings is 1. The van der Waals surface area contributed by atoms with E-state index in [1.807, 2.05) is 0 Å². The third-order valence-corrected chi connectivity index (χ3v) is 4.85. The van der Waals surface area contributed by atoms with Gasteiger partial charge < -0.3 is 14.7 Å². The predicted molar refractivity (Wildman–Crippen MR) is 85.3 cm³/mol. The summed E-state index contributed by atoms with van der Waals surface area (Å²) in [6, 6.07) is 10.9. The minimum atomic E-state index is 0.901. The van der Waals surface area contributed by atoms with Crippen molar-refractivity contribution in [2.75, 3.05) is 57.8 Å². The summed E-state index contributed by atoms with van der Waals surface area (Å²) in [5.74, 6) is 0.901. The van der Waals surface area contributed by atoms with Crippen molar-refractivity contribution >= 4 is 5.69 Å². The van der Waals surface area contributed by atoms with Crippen molar-refractivity contribution in [1.29, 1.82) is 0 Å². The van der Waals surface area contributed by atoms with Crippen LogP contribution in [0.1, 0.15) is 12.8 Å². The molecule has 0 aromatic heterocycles. The molecule has 0 atom stereocenters. The molecule has 20 heavy (non-hydrogen) atoms. The second-order valence-electron chi connectivity index (χ2n) is 6.37. The minimum Gasteiger partial charge on any atom is -0.372 e. The average Bonchev–Trinajstić information content (AvgIpc) is 2.51. The number of piperidine rings is 1. The van der Waals surface area contributed by atoms with E-state index in [1.165, 1.54) is 64.3 Å². The molecule has 0 unspecified atom stereocenters. The first-order valence-electron chi connectivity index (χ1n) is 8.02. The summed E-state index contributed by atoms with van der Waals surface area (Å²) in [5.41, 5.74) is 1.39. The van der Waals surface area contributed by atoms with Crippen molar-refractivity contribution in [1.82, 2.24) is 9.80 Å². The van der Waals surface area contributed by atoms with Gasteiger partial charge in [-0.25, -0.2) is 0 Å². The topological polar surface area (TPSA) is 9.72 Å². The van der Waals surface area contributed by atoms with E-state index in [-0.39, 0.29) is 0 Å². The van der Waals surface area contributed by atoms with E-state index in [4.69, 9.17) is 0 Å². The van der Waals surface area contributed by atoms with Gasteiger partial charge in [-0.1, -0.05) is 18.2 Å². The van der Waals surface area contributed by atoms with Crippen molar-refractivity contribution < 1.29 is 0 Å². The van der Waals surface area contributed by atoms with E-state index >= 15 is 0 Å². The maximum Gasteiger partial charge on any atom is 0.0366 e. The highest BCUT2D eigenvalue weighted by Crippen LogP contribution is 2.23. The lowest BCUT2D eigenvalue weighted by Gasteiger charge is -2.38. The molecule has 1 aromatic carbocycles. The fourth-order valence-corrected chi connectivity index (χ4v) is 3.41. The van der Waals surface area contributed by atoms with Gasteiger partial charge in [-0.3, -0.25) is 0 Å². The van der Waals surface area contributed by atoms with Crippen LogP contribution in [-0.2, 0) is 0 Å². The molecule has 0 radical (unpaired) electrons. The Hall–Kier alpha value is -1.06. The van der Waals surface area contributed by atoms with Crippen LogP contribution in [0.4, 0.5) is 5.69 Å². The van der Waals surface area contributed by atoms with Crippen LogP contribution in [0.3, 0.4) is 0 Å². The number of nitrogens with zero attached hydrogens (tertiary/aromatic N) is 3. The molecular formula is C17H27N3. The van der Waals surface area contributed by atoms with Crippen molar-refractivity contribution in [3.05, 3.63) is 30.3 Å². The van der Waals surface area contributed by atoms with E-state index in [1.54, 1.807) is 0 Å². The Kier molecular flexibility index (Phi) is 4.58. The van der Waals surface area contributed by atoms with E-state index in [9.17, 15) is 0 Å². The first-order chi connectivity index (χ1) is 9.81. The molecular weight excluding hydrogens is 246 g/mol. The number of rotatable bonds is 3. The summed E-state index contributed by atoms with van der Waals surface area (Å²) in [4.78, 5) is 7.65. The molecule has 2 aliphatic rings. The standard InChI is InChI=1S/C17H27N3/c1-18-11-13-19(14-12-18)15-16-7-9-20(10-8-16)17-5-3-2-4-6-17/h2-6,16H,7-15H2,1H3. The first-order valence-corrected chi connectivity index (χ1v) is 8.02. The number of hydrogen-bond acceptors (Lipinski definition) is 3. The van der Waals surface area contributed by atoms with E-state index in [2.05, 4.69) is 52.1 Å². The van der Waals surface area contributed by atoms with Crippen LogP contribution >= 0.6 is 0 Å². The zero-order valence-corrected chi connectivity index (χ0v) is 12.7. The molecule has 110 valence electrons. The van der Waals surface area contributed by atoms with Gasteiger partial charge in [0, 0.05) is 51.5 Å². The molecule has 3 nitrogen and oxygen atoms in total. The fourth-order valence-electron chi connectivity index (χ4n) is 3.41. The molecule has 0 saturated carbocycles. The first kappa shape index (κ1) is 13.9. The summed E-state index contributed by atoms with van der Waals surface area (Å²) in [7, 11) is 2.23. The third-order valence-electron chi connectivity index (χ3n) is 4.85. The Labute approximate surface area is 123 Å². The van der Waals surface area contributed by atoms with Crippen LogP contribution < -0.4 is 4.90 Å². The van der Waals surface area contributed by atoms with Crippen LogP contribution in [-0.4, -0.2) is 62.7 Å². The average molecular weight is 273 g/mol. The third kappa shape index (κ3) is 3.53. The zero-order valence-electron chi connectivity index (χ0n) is 12.7. The minimum absolute atomic E-state index is 0.901. The van der Waals surface area contributed by atoms with Gasteiger partial charge in [0.05, 0.1) is 0 Å². The molecule has 0 amide bonds. The zero-order chi connectivity index (χ0) is 13.8. The molecule has 0 aliphatic carbocycles. The Morgan fingerprint density at radius 2 is 1.55 bits per heavy atom. The number of piperazine rings is 1. The molecule has 0 spiro atoms. The quantitative estimate of drug-likeness (QED) is 0.835. The van der Waals surface area contributed by atoms with Crippen molar-refractivity contribution in [3.63, 3.8) is 0 Å². The molecule has 2 aliphatic heterocycles. The van der Waals surface area contributed by atoms with Gasteiger partial charge in [-0.2, -0.15) is 0 Å². The molecule has 3 heteroatoms. The van der Waals surface area contributed by atoms with Crippen LogP contribution in [0.5, 0.6) is 0 Å². The van der Waals surface area contributed by atoms with Gasteiger partial charge in [0.1, 0.15) is 0 Å². The van der Waals surface area contributed by atoms with Crippen molar-refractivity contribution in [3.8, 4) is 0 Å². The Balaban J connectivity index is 1.44. The molecule has 1 aromatic rings. The van der Waals surface area contributed by atoms with Gasteiger partial charge in [0.2, 0.25) is 0 Å². The largest absolute Gasteiger partial charge is 0.372 e. The Bertz CT molecular complexity index is 390. The molecule has 2 saturated heterocycles. The maximum absolute atomic E-state index is 2.67. The van der Waals surface area contributed by atoms with Crippen molar-refractivity contribution in [2.24, 2.45) is 5.92 Å². The lowest BCUT2D eigenvalue weighted by Crippen LogP contribution is -2.47. The van der Waals surface area contributed by atoms with E-state index in [0.29, 0.717) is 0 Å². The maximum atomic E-state index is 2.67. The second kappa shape index (κ2) is 6.59. The smallest absolute Gasteiger partial charge is 0.0366 e. The van der Waals surface area contributed by atoms with Crippen LogP contribution in [0.15, 0.2) is 30.3 Å². The monoisotopic (exact) mass is 273 g/mol. The highest BCUT2D eigenvalue weighted by atomic mass is 15.2. The van der Waals surface area contributed by atoms with Gasteiger partial charge in [-0.05, 0) is 37.9 Å². The SMILES string of the molecule is CN1CCN(CC2CCN(c3ccccc3)CC2)CC1. The summed E-state index contributed by atoms with van der Waals surface area (Å²) in [6.07, 6.45) is 2.70. The fraction of sp³-hybridized carbons (Fsp3) is 0.647. The number of para-hydroxylation sites is 1. The number of likely N-dealkylation sites (N-methyl/N-ethyl adjacent to an activating group) is 1. The lowest BCUT2D eigenvalue weighted by molar-refractivity contribution is 0.129. The molecule has 2 heterocycles. The molecule has 0 N–H and O–H groups in total. The van der Waals surface area contributed by atoms with Crippen LogP contribution in [0.2, 0.25) is 0 Å². The highest BCUT2D eigenvalue weighted by molar-refractivity contribution is 5.46. The molecule has 3 rings (SSSR count). The van der Waals surface area contributed by atoms with Gasteiger partial charge >= 0.3 is 0 Å². The predicted octanol–water partition coefficient (Wildman–Crippen LogP) is 2.15. The Morgan fingerprint density at radius 1 is 0.900 bits per heavy atom. The normalized spacial score (nSPS) is 23.1. The van der Waals surface area contributed by atoms with Crippen molar-refractivity contribution in [2.45, 2.75) is 12.8 Å². The number of anilines is 1. The molecule has 0 bridgehead atoms. The van der Waals surface area contributed by atoms with Crippen LogP contribution in [0, 0.1) is 5.92 Å². The lowest BCUT2D eigenvalue weighted by atomic mass is 9.95. The highest BCUT2D eigenvalue weighted by Gasteiger charge is 2.23. The summed E-state index contributed by atoms with van der Waals surface area (Å²) < 4.78 is 0. The second-order valence-corrected chi connectivity index (χ2v) is 6.37. The van der Waals surface area contributed by atoms with Gasteiger partial charge in [-0.15, -0.1) is 0 Å². The Morgan fingerprint density at radius 3 is 2.20 bits per heavy atom. The van der Waals surface area contributed by atoms with Crippen LogP contribution in [0.25, 0.3) is 0 Å². The summed E-state index contributed by atoms with van der Waals surface area (Å²) in [5, 5.41) is 0.